The van der Waals surface area contributed by atoms with Crippen LogP contribution in [0.5, 0.6) is 0 Å². The van der Waals surface area contributed by atoms with E-state index in [4.69, 9.17) is 11.6 Å². The Bertz CT molecular complexity index is 813. The summed E-state index contributed by atoms with van der Waals surface area (Å²) in [7, 11) is -4.01. The summed E-state index contributed by atoms with van der Waals surface area (Å²) in [4.78, 5) is 13.6. The van der Waals surface area contributed by atoms with Crippen molar-refractivity contribution >= 4 is 48.9 Å². The van der Waals surface area contributed by atoms with Crippen LogP contribution in [-0.4, -0.2) is 18.3 Å². The second kappa shape index (κ2) is 5.96. The van der Waals surface area contributed by atoms with E-state index in [1.165, 1.54) is 30.5 Å². The lowest BCUT2D eigenvalue weighted by Crippen LogP contribution is -2.14. The van der Waals surface area contributed by atoms with Crippen molar-refractivity contribution in [3.63, 3.8) is 0 Å². The molecule has 1 aromatic heterocycles. The molecule has 0 saturated carbocycles. The quantitative estimate of drug-likeness (QED) is 0.489. The molecule has 0 unspecified atom stereocenters. The largest absolute Gasteiger partial charge is 0.279 e. The molecule has 0 aliphatic rings. The van der Waals surface area contributed by atoms with Gasteiger partial charge in [0.25, 0.3) is 15.7 Å². The number of hydrogen-bond acceptors (Lipinski definition) is 5. The van der Waals surface area contributed by atoms with Gasteiger partial charge in [0, 0.05) is 22.8 Å². The number of aromatic nitrogens is 1. The van der Waals surface area contributed by atoms with Crippen LogP contribution in [-0.2, 0) is 10.0 Å². The number of pyridine rings is 1. The van der Waals surface area contributed by atoms with Gasteiger partial charge in [0.2, 0.25) is 0 Å². The highest BCUT2D eigenvalue weighted by Crippen LogP contribution is 2.26. The molecule has 0 amide bonds. The fraction of sp³-hybridized carbons (Fsp3) is 0. The Balaban J connectivity index is 2.40. The zero-order valence-electron chi connectivity index (χ0n) is 10.2. The van der Waals surface area contributed by atoms with Crippen LogP contribution >= 0.6 is 27.5 Å². The Labute approximate surface area is 133 Å². The Morgan fingerprint density at radius 3 is 2.71 bits per heavy atom. The van der Waals surface area contributed by atoms with Crippen LogP contribution in [0.25, 0.3) is 0 Å². The van der Waals surface area contributed by atoms with Crippen molar-refractivity contribution < 1.29 is 13.3 Å². The molecule has 0 fully saturated rings. The average molecular weight is 393 g/mol. The maximum atomic E-state index is 12.2. The van der Waals surface area contributed by atoms with E-state index in [1.807, 2.05) is 0 Å². The Morgan fingerprint density at radius 1 is 1.33 bits per heavy atom. The van der Waals surface area contributed by atoms with Crippen LogP contribution in [0.2, 0.25) is 5.15 Å². The van der Waals surface area contributed by atoms with Crippen LogP contribution in [0.1, 0.15) is 0 Å². The summed E-state index contributed by atoms with van der Waals surface area (Å²) in [5.74, 6) is 0. The molecule has 1 heterocycles. The fourth-order valence-electron chi connectivity index (χ4n) is 1.49. The van der Waals surface area contributed by atoms with Crippen LogP contribution in [0, 0.1) is 10.1 Å². The molecule has 110 valence electrons. The lowest BCUT2D eigenvalue weighted by molar-refractivity contribution is -0.384. The first-order chi connectivity index (χ1) is 9.79. The lowest BCUT2D eigenvalue weighted by atomic mass is 10.3. The lowest BCUT2D eigenvalue weighted by Gasteiger charge is -2.09. The van der Waals surface area contributed by atoms with Crippen LogP contribution in [0.15, 0.2) is 45.9 Å². The first kappa shape index (κ1) is 15.7. The Morgan fingerprint density at radius 2 is 2.05 bits per heavy atom. The molecule has 0 spiro atoms. The van der Waals surface area contributed by atoms with Gasteiger partial charge >= 0.3 is 0 Å². The van der Waals surface area contributed by atoms with E-state index in [-0.39, 0.29) is 21.4 Å². The van der Waals surface area contributed by atoms with E-state index >= 15 is 0 Å². The van der Waals surface area contributed by atoms with E-state index in [0.717, 1.165) is 6.07 Å². The minimum absolute atomic E-state index is 0.0558. The number of nitrogens with zero attached hydrogens (tertiary/aromatic N) is 2. The third-order valence-corrected chi connectivity index (χ3v) is 4.61. The van der Waals surface area contributed by atoms with Crippen molar-refractivity contribution in [2.24, 2.45) is 0 Å². The zero-order chi connectivity index (χ0) is 15.6. The van der Waals surface area contributed by atoms with E-state index in [1.54, 1.807) is 0 Å². The van der Waals surface area contributed by atoms with Gasteiger partial charge in [0.15, 0.2) is 0 Å². The first-order valence-electron chi connectivity index (χ1n) is 5.38. The van der Waals surface area contributed by atoms with Gasteiger partial charge < -0.3 is 0 Å². The molecule has 7 nitrogen and oxygen atoms in total. The second-order valence-electron chi connectivity index (χ2n) is 3.86. The Hall–Kier alpha value is -1.71. The second-order valence-corrected chi connectivity index (χ2v) is 6.78. The summed E-state index contributed by atoms with van der Waals surface area (Å²) < 4.78 is 27.1. The van der Waals surface area contributed by atoms with E-state index in [9.17, 15) is 18.5 Å². The first-order valence-corrected chi connectivity index (χ1v) is 8.03. The highest BCUT2D eigenvalue weighted by Gasteiger charge is 2.20. The van der Waals surface area contributed by atoms with Gasteiger partial charge in [-0.3, -0.25) is 14.8 Å². The molecular weight excluding hydrogens is 386 g/mol. The monoisotopic (exact) mass is 391 g/mol. The number of non-ortho nitro benzene ring substituents is 1. The minimum Gasteiger partial charge on any atom is -0.279 e. The van der Waals surface area contributed by atoms with E-state index in [0.29, 0.717) is 4.47 Å². The van der Waals surface area contributed by atoms with Gasteiger partial charge in [0.05, 0.1) is 10.6 Å². The van der Waals surface area contributed by atoms with Gasteiger partial charge in [-0.2, -0.15) is 0 Å². The summed E-state index contributed by atoms with van der Waals surface area (Å²) in [6, 6.07) is 6.41. The molecule has 21 heavy (non-hydrogen) atoms. The molecule has 0 aliphatic carbocycles. The number of sulfonamides is 1. The SMILES string of the molecule is O=[N+]([O-])c1cccc(NS(=O)(=O)c2cc(Br)cnc2Cl)c1. The topological polar surface area (TPSA) is 102 Å². The maximum absolute atomic E-state index is 12.2. The number of rotatable bonds is 4. The van der Waals surface area contributed by atoms with Crippen molar-refractivity contribution in [2.75, 3.05) is 4.72 Å². The standard InChI is InChI=1S/C11H7BrClN3O4S/c12-7-4-10(11(13)14-6-7)21(19,20)15-8-2-1-3-9(5-8)16(17)18/h1-6,15H. The third-order valence-electron chi connectivity index (χ3n) is 2.37. The number of benzene rings is 1. The molecule has 0 aliphatic heterocycles. The van der Waals surface area contributed by atoms with Crippen LogP contribution in [0.4, 0.5) is 11.4 Å². The van der Waals surface area contributed by atoms with Gasteiger partial charge in [-0.25, -0.2) is 13.4 Å². The number of nitro groups is 1. The van der Waals surface area contributed by atoms with Crippen molar-refractivity contribution in [3.05, 3.63) is 56.3 Å². The van der Waals surface area contributed by atoms with Gasteiger partial charge in [0.1, 0.15) is 10.0 Å². The van der Waals surface area contributed by atoms with Gasteiger partial charge in [-0.15, -0.1) is 0 Å². The molecule has 0 radical (unpaired) electrons. The molecule has 2 rings (SSSR count). The molecule has 1 N–H and O–H groups in total. The average Bonchev–Trinajstić information content (AvgIpc) is 2.41. The summed E-state index contributed by atoms with van der Waals surface area (Å²) in [6.45, 7) is 0. The summed E-state index contributed by atoms with van der Waals surface area (Å²) >= 11 is 8.87. The number of nitrogens with one attached hydrogen (secondary N) is 1. The molecule has 10 heteroatoms. The summed E-state index contributed by atoms with van der Waals surface area (Å²) in [6.07, 6.45) is 1.36. The molecule has 0 saturated heterocycles. The van der Waals surface area contributed by atoms with Crippen molar-refractivity contribution in [1.82, 2.24) is 4.98 Å². The predicted octanol–water partition coefficient (Wildman–Crippen LogP) is 3.21. The molecule has 0 atom stereocenters. The highest BCUT2D eigenvalue weighted by molar-refractivity contribution is 9.10. The van der Waals surface area contributed by atoms with Gasteiger partial charge in [-0.05, 0) is 28.1 Å². The Kier molecular flexibility index (Phi) is 4.45. The van der Waals surface area contributed by atoms with E-state index in [2.05, 4.69) is 25.6 Å². The van der Waals surface area contributed by atoms with Crippen LogP contribution < -0.4 is 4.72 Å². The third kappa shape index (κ3) is 3.69. The molecule has 0 bridgehead atoms. The molecule has 2 aromatic rings. The highest BCUT2D eigenvalue weighted by atomic mass is 79.9. The van der Waals surface area contributed by atoms with Gasteiger partial charge in [-0.1, -0.05) is 17.7 Å². The van der Waals surface area contributed by atoms with E-state index < -0.39 is 14.9 Å². The number of nitro benzene ring substituents is 1. The van der Waals surface area contributed by atoms with Crippen molar-refractivity contribution in [1.29, 1.82) is 0 Å². The molecule has 1 aromatic carbocycles. The van der Waals surface area contributed by atoms with Crippen molar-refractivity contribution in [2.45, 2.75) is 4.90 Å². The number of hydrogen-bond donors (Lipinski definition) is 1. The smallest absolute Gasteiger partial charge is 0.271 e. The normalized spacial score (nSPS) is 11.1. The van der Waals surface area contributed by atoms with Crippen LogP contribution in [0.3, 0.4) is 0 Å². The predicted molar refractivity (Wildman–Crippen MR) is 80.9 cm³/mol. The maximum Gasteiger partial charge on any atom is 0.271 e. The summed E-state index contributed by atoms with van der Waals surface area (Å²) in [5, 5.41) is 10.5. The van der Waals surface area contributed by atoms with Crippen molar-refractivity contribution in [3.8, 4) is 0 Å². The minimum atomic E-state index is -4.01. The zero-order valence-corrected chi connectivity index (χ0v) is 13.3. The fourth-order valence-corrected chi connectivity index (χ4v) is 3.48. The summed E-state index contributed by atoms with van der Waals surface area (Å²) in [5.41, 5.74) is -0.172. The number of halogens is 2. The number of anilines is 1. The molecular formula is C11H7BrClN3O4S.